The number of methoxy groups -OCH3 is 1. The van der Waals surface area contributed by atoms with E-state index >= 15 is 4.39 Å². The molecule has 11 N–H and O–H groups in total. The SMILES string of the molecule is CCC1(O)C(=O)OCc2c1cc1n(c2=O)Cc2c-1nc1cc(F)c(C)c3c1c2C(NC(=O)OCc1ccc(OC2OC(C(=O)O)C(O)C(O)C2O)c(CNC(=O)CCNC(=O)C(CNC(O)CCC(C)(C)OCCC(C)(C)OC)NC(=O)CCCCC(=O)N2Cc4ccccc4-c4c(nnn4C)-c4ccccc42)c1)CC3. The van der Waals surface area contributed by atoms with E-state index in [1.807, 2.05) is 83.3 Å². The topological polar surface area (TPSA) is 425 Å². The Morgan fingerprint density at radius 3 is 2.35 bits per heavy atom. The number of unbranched alkanes of at least 4 members (excludes halogenated alkanes) is 1. The summed E-state index contributed by atoms with van der Waals surface area (Å²) >= 11 is 0. The molecule has 12 rings (SSSR count). The minimum absolute atomic E-state index is 0.0235. The first kappa shape index (κ1) is 80.4. The highest BCUT2D eigenvalue weighted by Crippen LogP contribution is 2.47. The number of esters is 1. The average Bonchev–Trinajstić information content (AvgIpc) is 1.58. The molecule has 7 heterocycles. The second-order valence-electron chi connectivity index (χ2n) is 29.9. The molecule has 3 aromatic heterocycles. The predicted molar refractivity (Wildman–Crippen MR) is 397 cm³/mol. The fourth-order valence-electron chi connectivity index (χ4n) is 14.9. The number of nitrogens with zero attached hydrogens (tertiary/aromatic N) is 6. The summed E-state index contributed by atoms with van der Waals surface area (Å²) in [6.07, 6.45) is -10.1. The summed E-state index contributed by atoms with van der Waals surface area (Å²) in [4.78, 5) is 116. The van der Waals surface area contributed by atoms with Crippen LogP contribution < -0.4 is 41.8 Å². The number of fused-ring (bicyclic) bond motifs is 10. The quantitative estimate of drug-likeness (QED) is 0.0157. The van der Waals surface area contributed by atoms with Gasteiger partial charge in [0.1, 0.15) is 61.1 Å². The third-order valence-electron chi connectivity index (χ3n) is 21.6. The standard InChI is InChI=1S/C79H94FN11O20/c1-9-79(105)50-33-56-64-48(38-91(56)72(100)49(50)40-107-75(79)103)63-52(24-23-45-41(2)51(80)34-53(85-64)62(45)63)86-76(104)108-39-42-22-25-57(110-74-69(98)67(96)68(97)70(111-74)73(101)102)44(32-42)35-82-59(93)27-30-81-71(99)54(36-83-58(92)26-28-78(5,6)109-31-29-77(3,4)106-8)84-60(94)20-14-15-21-61(95)90-37-43-16-10-11-17-46(43)66-65(87-88-89(66)7)47-18-12-13-19-55(47)90/h10-13,16-19,22,25,32-34,52,54,58,67-70,74,83,92,96-98,105H,9,14-15,20-21,23-24,26-31,35-40H2,1-8H3,(H,81,99)(H,82,93)(H,84,94)(H,86,104)(H,101,102). The highest BCUT2D eigenvalue weighted by Gasteiger charge is 2.49. The first-order valence-corrected chi connectivity index (χ1v) is 37.2. The van der Waals surface area contributed by atoms with E-state index in [9.17, 15) is 69.0 Å². The van der Waals surface area contributed by atoms with Crippen LogP contribution in [0.1, 0.15) is 155 Å². The minimum atomic E-state index is -2.11. The number of aliphatic hydroxyl groups is 5. The molecule has 111 heavy (non-hydrogen) atoms. The van der Waals surface area contributed by atoms with Gasteiger partial charge in [0.15, 0.2) is 11.7 Å². The van der Waals surface area contributed by atoms with Crippen LogP contribution in [0.4, 0.5) is 14.9 Å². The highest BCUT2D eigenvalue weighted by atomic mass is 19.1. The number of rotatable bonds is 30. The van der Waals surface area contributed by atoms with E-state index in [0.29, 0.717) is 76.9 Å². The molecule has 31 nitrogen and oxygen atoms in total. The van der Waals surface area contributed by atoms with Crippen molar-refractivity contribution in [3.05, 3.63) is 145 Å². The number of hydrogen-bond donors (Lipinski definition) is 11. The number of alkyl carbamates (subject to hydrolysis) is 1. The number of carbonyl (C=O) groups is 7. The van der Waals surface area contributed by atoms with Gasteiger partial charge in [0.25, 0.3) is 5.56 Å². The van der Waals surface area contributed by atoms with E-state index < -0.39 is 120 Å². The Balaban J connectivity index is 0.708. The molecule has 4 aliphatic heterocycles. The Morgan fingerprint density at radius 1 is 0.847 bits per heavy atom. The number of benzene rings is 4. The molecule has 1 saturated heterocycles. The maximum atomic E-state index is 15.7. The summed E-state index contributed by atoms with van der Waals surface area (Å²) in [5.41, 5.74) is 4.55. The average molecular weight is 1540 g/mol. The lowest BCUT2D eigenvalue weighted by molar-refractivity contribution is -0.271. The molecule has 592 valence electrons. The number of carboxylic acids is 1. The largest absolute Gasteiger partial charge is 0.479 e. The first-order valence-electron chi connectivity index (χ1n) is 37.2. The van der Waals surface area contributed by atoms with Gasteiger partial charge < -0.3 is 89.8 Å². The van der Waals surface area contributed by atoms with Crippen molar-refractivity contribution in [2.45, 2.75) is 211 Å². The van der Waals surface area contributed by atoms with Crippen molar-refractivity contribution in [2.24, 2.45) is 7.05 Å². The van der Waals surface area contributed by atoms with E-state index in [4.69, 9.17) is 33.4 Å². The zero-order valence-electron chi connectivity index (χ0n) is 63.0. The van der Waals surface area contributed by atoms with Crippen LogP contribution in [0.3, 0.4) is 0 Å². The van der Waals surface area contributed by atoms with Crippen molar-refractivity contribution in [1.82, 2.24) is 51.1 Å². The van der Waals surface area contributed by atoms with Crippen molar-refractivity contribution in [3.63, 3.8) is 0 Å². The van der Waals surface area contributed by atoms with Crippen LogP contribution >= 0.6 is 0 Å². The van der Waals surface area contributed by atoms with Gasteiger partial charge in [-0.05, 0) is 138 Å². The molecule has 4 aromatic carbocycles. The molecule has 0 spiro atoms. The smallest absolute Gasteiger partial charge is 0.407 e. The fraction of sp³-hybridized carbons (Fsp3) is 0.481. The van der Waals surface area contributed by atoms with Crippen LogP contribution in [0.15, 0.2) is 83.7 Å². The number of aryl methyl sites for hydroxylation is 2. The number of halogens is 1. The number of pyridine rings is 2. The monoisotopic (exact) mass is 1540 g/mol. The van der Waals surface area contributed by atoms with Crippen LogP contribution in [0, 0.1) is 12.7 Å². The molecule has 5 amide bonds. The summed E-state index contributed by atoms with van der Waals surface area (Å²) < 4.78 is 53.0. The van der Waals surface area contributed by atoms with Crippen molar-refractivity contribution in [3.8, 4) is 39.7 Å². The van der Waals surface area contributed by atoms with Gasteiger partial charge in [-0.3, -0.25) is 29.3 Å². The van der Waals surface area contributed by atoms with Gasteiger partial charge in [0.05, 0.1) is 70.8 Å². The number of nitrogens with one attached hydrogen (secondary N) is 5. The number of ether oxygens (including phenoxy) is 6. The third-order valence-corrected chi connectivity index (χ3v) is 21.6. The Kier molecular flexibility index (Phi) is 24.2. The predicted octanol–water partition coefficient (Wildman–Crippen LogP) is 5.19. The maximum absolute atomic E-state index is 15.7. The molecule has 9 unspecified atom stereocenters. The number of aliphatic carboxylic acids is 1. The lowest BCUT2D eigenvalue weighted by Gasteiger charge is -2.38. The van der Waals surface area contributed by atoms with Gasteiger partial charge in [0.2, 0.25) is 29.9 Å². The van der Waals surface area contributed by atoms with E-state index in [-0.39, 0.29) is 130 Å². The summed E-state index contributed by atoms with van der Waals surface area (Å²) in [7, 11) is 3.45. The number of carboxylic acid groups (broad SMARTS) is 1. The van der Waals surface area contributed by atoms with Gasteiger partial charge >= 0.3 is 18.0 Å². The summed E-state index contributed by atoms with van der Waals surface area (Å²) in [6, 6.07) is 20.3. The molecule has 7 aromatic rings. The summed E-state index contributed by atoms with van der Waals surface area (Å²) in [5, 5.41) is 88.2. The third kappa shape index (κ3) is 17.2. The molecular weight excluding hydrogens is 1440 g/mol. The Hall–Kier alpha value is -10.2. The van der Waals surface area contributed by atoms with E-state index in [1.54, 1.807) is 30.5 Å². The number of aromatic nitrogens is 5. The molecule has 0 saturated carbocycles. The van der Waals surface area contributed by atoms with Crippen molar-refractivity contribution >= 4 is 58.3 Å². The minimum Gasteiger partial charge on any atom is -0.479 e. The van der Waals surface area contributed by atoms with E-state index in [2.05, 4.69) is 36.9 Å². The van der Waals surface area contributed by atoms with Gasteiger partial charge in [-0.15, -0.1) is 5.10 Å². The number of para-hydroxylation sites is 1. The zero-order valence-corrected chi connectivity index (χ0v) is 63.0. The number of aliphatic hydroxyl groups excluding tert-OH is 4. The molecule has 5 aliphatic rings. The van der Waals surface area contributed by atoms with Gasteiger partial charge in [0, 0.05) is 92.3 Å². The van der Waals surface area contributed by atoms with Gasteiger partial charge in [-0.1, -0.05) is 60.7 Å². The molecule has 0 bridgehead atoms. The maximum Gasteiger partial charge on any atom is 0.407 e. The van der Waals surface area contributed by atoms with Gasteiger partial charge in [-0.2, -0.15) is 0 Å². The van der Waals surface area contributed by atoms with Crippen LogP contribution in [0.2, 0.25) is 0 Å². The second-order valence-corrected chi connectivity index (χ2v) is 29.9. The molecule has 32 heteroatoms. The Labute approximate surface area is 638 Å². The summed E-state index contributed by atoms with van der Waals surface area (Å²) in [6.45, 7) is 9.89. The van der Waals surface area contributed by atoms with Crippen molar-refractivity contribution in [2.75, 3.05) is 31.7 Å². The number of hydrogen-bond acceptors (Lipinski definition) is 23. The van der Waals surface area contributed by atoms with Crippen LogP contribution in [-0.4, -0.2) is 178 Å². The van der Waals surface area contributed by atoms with Crippen LogP contribution in [-0.2, 0) is 104 Å². The number of anilines is 1. The van der Waals surface area contributed by atoms with Crippen LogP contribution in [0.5, 0.6) is 5.75 Å². The molecule has 1 fully saturated rings. The summed E-state index contributed by atoms with van der Waals surface area (Å²) in [5.74, 6) is -5.25. The second kappa shape index (κ2) is 33.4. The van der Waals surface area contributed by atoms with Crippen molar-refractivity contribution in [1.29, 1.82) is 0 Å². The molecule has 0 radical (unpaired) electrons. The number of carbonyl (C=O) groups excluding carboxylic acids is 6. The number of amides is 5. The number of cyclic esters (lactones) is 1. The highest BCUT2D eigenvalue weighted by molar-refractivity contribution is 6.00. The van der Waals surface area contributed by atoms with Crippen molar-refractivity contribution < 1.29 is 97.0 Å². The fourth-order valence-corrected chi connectivity index (χ4v) is 14.9. The Morgan fingerprint density at radius 2 is 1.59 bits per heavy atom. The molecule has 1 aliphatic carbocycles. The Bertz CT molecular complexity index is 4810. The van der Waals surface area contributed by atoms with E-state index in [0.717, 1.165) is 22.4 Å². The first-order chi connectivity index (χ1) is 52.9. The molecule has 9 atom stereocenters. The van der Waals surface area contributed by atoms with Gasteiger partial charge in [-0.25, -0.2) is 28.4 Å². The van der Waals surface area contributed by atoms with Crippen LogP contribution in [0.25, 0.3) is 44.8 Å². The lowest BCUT2D eigenvalue weighted by atomic mass is 9.81. The molecular formula is C79H94FN11O20. The zero-order chi connectivity index (χ0) is 79.5. The normalized spacial score (nSPS) is 20.2. The van der Waals surface area contributed by atoms with E-state index in [1.165, 1.54) is 34.9 Å². The lowest BCUT2D eigenvalue weighted by Crippen LogP contribution is -2.61.